The van der Waals surface area contributed by atoms with Gasteiger partial charge in [0.15, 0.2) is 5.82 Å². The zero-order valence-corrected chi connectivity index (χ0v) is 12.4. The van der Waals surface area contributed by atoms with Gasteiger partial charge in [0.1, 0.15) is 10.3 Å². The summed E-state index contributed by atoms with van der Waals surface area (Å²) < 4.78 is 13.8. The topological polar surface area (TPSA) is 42.0 Å². The Balaban J connectivity index is 2.24. The van der Waals surface area contributed by atoms with Crippen molar-refractivity contribution in [1.29, 1.82) is 0 Å². The van der Waals surface area contributed by atoms with Crippen molar-refractivity contribution >= 4 is 50.7 Å². The van der Waals surface area contributed by atoms with Gasteiger partial charge in [-0.3, -0.25) is 4.79 Å². The summed E-state index contributed by atoms with van der Waals surface area (Å²) in [7, 11) is 0. The largest absolute Gasteiger partial charge is 0.321 e. The van der Waals surface area contributed by atoms with Crippen molar-refractivity contribution in [2.45, 2.75) is 0 Å². The Hall–Kier alpha value is -1.17. The average molecular weight is 364 g/mol. The minimum Gasteiger partial charge on any atom is -0.321 e. The lowest BCUT2D eigenvalue weighted by atomic mass is 10.3. The van der Waals surface area contributed by atoms with Crippen LogP contribution in [0.1, 0.15) is 10.5 Å². The molecule has 7 heteroatoms. The van der Waals surface area contributed by atoms with Crippen LogP contribution in [0, 0.1) is 5.82 Å². The van der Waals surface area contributed by atoms with E-state index < -0.39 is 11.7 Å². The van der Waals surface area contributed by atoms with Gasteiger partial charge in [0.2, 0.25) is 0 Å². The molecule has 0 spiro atoms. The second-order valence-electron chi connectivity index (χ2n) is 3.55. The Morgan fingerprint density at radius 2 is 1.89 bits per heavy atom. The summed E-state index contributed by atoms with van der Waals surface area (Å²) in [5.41, 5.74) is 0.508. The van der Waals surface area contributed by atoms with Crippen LogP contribution in [0.25, 0.3) is 0 Å². The van der Waals surface area contributed by atoms with Crippen molar-refractivity contribution in [2.75, 3.05) is 5.32 Å². The lowest BCUT2D eigenvalue weighted by Crippen LogP contribution is -2.13. The molecule has 1 amide bonds. The van der Waals surface area contributed by atoms with Gasteiger partial charge in [-0.1, -0.05) is 29.3 Å². The summed E-state index contributed by atoms with van der Waals surface area (Å²) in [6, 6.07) is 7.48. The number of anilines is 1. The summed E-state index contributed by atoms with van der Waals surface area (Å²) in [6.45, 7) is 0. The van der Waals surface area contributed by atoms with Crippen LogP contribution < -0.4 is 5.32 Å². The Kier molecular flexibility index (Phi) is 4.39. The summed E-state index contributed by atoms with van der Waals surface area (Å²) in [6.07, 6.45) is 0. The lowest BCUT2D eigenvalue weighted by molar-refractivity contribution is 0.102. The minimum atomic E-state index is -0.720. The highest BCUT2D eigenvalue weighted by Gasteiger charge is 2.12. The molecule has 0 saturated carbocycles. The lowest BCUT2D eigenvalue weighted by Gasteiger charge is -2.07. The van der Waals surface area contributed by atoms with Crippen molar-refractivity contribution in [1.82, 2.24) is 4.98 Å². The molecule has 1 aromatic heterocycles. The molecule has 2 rings (SSSR count). The number of carbonyl (C=O) groups is 1. The van der Waals surface area contributed by atoms with Crippen LogP contribution in [-0.2, 0) is 0 Å². The maximum Gasteiger partial charge on any atom is 0.274 e. The number of rotatable bonds is 2. The van der Waals surface area contributed by atoms with Crippen LogP contribution >= 0.6 is 39.1 Å². The highest BCUT2D eigenvalue weighted by molar-refractivity contribution is 9.10. The van der Waals surface area contributed by atoms with Crippen LogP contribution in [-0.4, -0.2) is 10.9 Å². The zero-order valence-electron chi connectivity index (χ0n) is 9.25. The molecule has 19 heavy (non-hydrogen) atoms. The van der Waals surface area contributed by atoms with Crippen LogP contribution in [0.2, 0.25) is 10.0 Å². The van der Waals surface area contributed by atoms with Crippen LogP contribution in [0.3, 0.4) is 0 Å². The average Bonchev–Trinajstić information content (AvgIpc) is 2.36. The number of hydrogen-bond acceptors (Lipinski definition) is 2. The monoisotopic (exact) mass is 362 g/mol. The van der Waals surface area contributed by atoms with Gasteiger partial charge < -0.3 is 5.32 Å². The van der Waals surface area contributed by atoms with Gasteiger partial charge in [0, 0.05) is 5.69 Å². The summed E-state index contributed by atoms with van der Waals surface area (Å²) in [5.74, 6) is -1.16. The number of amides is 1. The van der Waals surface area contributed by atoms with Crippen LogP contribution in [0.5, 0.6) is 0 Å². The second kappa shape index (κ2) is 5.86. The molecule has 3 nitrogen and oxygen atoms in total. The van der Waals surface area contributed by atoms with E-state index in [0.29, 0.717) is 10.3 Å². The van der Waals surface area contributed by atoms with E-state index in [1.807, 2.05) is 0 Å². The Morgan fingerprint density at radius 1 is 1.26 bits per heavy atom. The fourth-order valence-electron chi connectivity index (χ4n) is 1.36. The van der Waals surface area contributed by atoms with Gasteiger partial charge >= 0.3 is 0 Å². The van der Waals surface area contributed by atoms with E-state index in [4.69, 9.17) is 23.2 Å². The fraction of sp³-hybridized carbons (Fsp3) is 0. The van der Waals surface area contributed by atoms with E-state index in [-0.39, 0.29) is 15.7 Å². The molecule has 2 aromatic rings. The van der Waals surface area contributed by atoms with E-state index >= 15 is 0 Å². The second-order valence-corrected chi connectivity index (χ2v) is 5.18. The van der Waals surface area contributed by atoms with Gasteiger partial charge in [-0.2, -0.15) is 0 Å². The molecule has 1 aromatic carbocycles. The number of hydrogen-bond donors (Lipinski definition) is 1. The molecule has 0 atom stereocenters. The number of nitrogens with one attached hydrogen (secondary N) is 1. The Bertz CT molecular complexity index is 628. The molecule has 1 N–H and O–H groups in total. The molecular formula is C12H6BrCl2FN2O. The van der Waals surface area contributed by atoms with Crippen molar-refractivity contribution in [3.05, 3.63) is 56.5 Å². The number of halogens is 4. The summed E-state index contributed by atoms with van der Waals surface area (Å²) in [4.78, 5) is 15.9. The zero-order chi connectivity index (χ0) is 14.0. The van der Waals surface area contributed by atoms with Crippen molar-refractivity contribution in [3.8, 4) is 0 Å². The number of nitrogens with zero attached hydrogens (tertiary/aromatic N) is 1. The predicted molar refractivity (Wildman–Crippen MR) is 76.3 cm³/mol. The third kappa shape index (κ3) is 3.43. The minimum absolute atomic E-state index is 0.162. The molecule has 0 aliphatic carbocycles. The van der Waals surface area contributed by atoms with Gasteiger partial charge in [-0.15, -0.1) is 0 Å². The maximum atomic E-state index is 13.2. The molecular weight excluding hydrogens is 358 g/mol. The molecule has 0 fully saturated rings. The standard InChI is InChI=1S/C12H6BrCl2FN2O/c13-10-3-1-2-9(18-10)12(19)17-6-4-7(14)11(16)8(15)5-6/h1-5H,(H,17,19). The molecule has 0 saturated heterocycles. The third-order valence-corrected chi connectivity index (χ3v) is 3.18. The van der Waals surface area contributed by atoms with E-state index in [1.54, 1.807) is 18.2 Å². The summed E-state index contributed by atoms with van der Waals surface area (Å²) in [5, 5.41) is 2.21. The van der Waals surface area contributed by atoms with Gasteiger partial charge in [0.05, 0.1) is 10.0 Å². The molecule has 0 bridgehead atoms. The molecule has 98 valence electrons. The molecule has 0 unspecified atom stereocenters. The van der Waals surface area contributed by atoms with E-state index in [0.717, 1.165) is 0 Å². The predicted octanol–water partition coefficient (Wildman–Crippen LogP) is 4.54. The first kappa shape index (κ1) is 14.2. The fourth-order valence-corrected chi connectivity index (χ4v) is 2.19. The Labute approximate surface area is 126 Å². The summed E-state index contributed by atoms with van der Waals surface area (Å²) >= 11 is 14.4. The van der Waals surface area contributed by atoms with E-state index in [1.165, 1.54) is 12.1 Å². The van der Waals surface area contributed by atoms with Crippen molar-refractivity contribution in [2.24, 2.45) is 0 Å². The van der Waals surface area contributed by atoms with E-state index in [2.05, 4.69) is 26.2 Å². The van der Waals surface area contributed by atoms with Crippen molar-refractivity contribution < 1.29 is 9.18 Å². The molecule has 1 heterocycles. The van der Waals surface area contributed by atoms with Crippen LogP contribution in [0.4, 0.5) is 10.1 Å². The highest BCUT2D eigenvalue weighted by atomic mass is 79.9. The van der Waals surface area contributed by atoms with Gasteiger partial charge in [-0.25, -0.2) is 9.37 Å². The van der Waals surface area contributed by atoms with E-state index in [9.17, 15) is 9.18 Å². The maximum absolute atomic E-state index is 13.2. The van der Waals surface area contributed by atoms with Crippen molar-refractivity contribution in [3.63, 3.8) is 0 Å². The third-order valence-electron chi connectivity index (χ3n) is 2.19. The normalized spacial score (nSPS) is 10.3. The number of pyridine rings is 1. The Morgan fingerprint density at radius 3 is 2.47 bits per heavy atom. The van der Waals surface area contributed by atoms with Crippen LogP contribution in [0.15, 0.2) is 34.9 Å². The quantitative estimate of drug-likeness (QED) is 0.628. The van der Waals surface area contributed by atoms with Gasteiger partial charge in [0.25, 0.3) is 5.91 Å². The molecule has 0 aliphatic rings. The number of benzene rings is 1. The number of carbonyl (C=O) groups excluding carboxylic acids is 1. The first-order chi connectivity index (χ1) is 8.97. The SMILES string of the molecule is O=C(Nc1cc(Cl)c(F)c(Cl)c1)c1cccc(Br)n1. The smallest absolute Gasteiger partial charge is 0.274 e. The molecule has 0 aliphatic heterocycles. The first-order valence-electron chi connectivity index (χ1n) is 5.06. The highest BCUT2D eigenvalue weighted by Crippen LogP contribution is 2.27. The first-order valence-corrected chi connectivity index (χ1v) is 6.60. The molecule has 0 radical (unpaired) electrons. The van der Waals surface area contributed by atoms with Gasteiger partial charge in [-0.05, 0) is 40.2 Å². The number of aromatic nitrogens is 1.